The van der Waals surface area contributed by atoms with Crippen LogP contribution >= 0.6 is 0 Å². The van der Waals surface area contributed by atoms with E-state index >= 15 is 0 Å². The molecule has 1 aromatic carbocycles. The summed E-state index contributed by atoms with van der Waals surface area (Å²) in [6, 6.07) is 4.77. The fraction of sp³-hybridized carbons (Fsp3) is 0.500. The highest BCUT2D eigenvalue weighted by atomic mass is 19.4. The van der Waals surface area contributed by atoms with E-state index in [1.165, 1.54) is 19.1 Å². The molecule has 0 heterocycles. The number of benzene rings is 1. The summed E-state index contributed by atoms with van der Waals surface area (Å²) in [6.07, 6.45) is -3.34. The molecule has 0 aromatic heterocycles. The first kappa shape index (κ1) is 15.5. The predicted octanol–water partition coefficient (Wildman–Crippen LogP) is 4.28. The van der Waals surface area contributed by atoms with Gasteiger partial charge in [0.1, 0.15) is 5.60 Å². The summed E-state index contributed by atoms with van der Waals surface area (Å²) in [4.78, 5) is 11.2. The summed E-state index contributed by atoms with van der Waals surface area (Å²) in [6.45, 7) is 4.97. The molecule has 1 aromatic rings. The zero-order chi connectivity index (χ0) is 14.7. The van der Waals surface area contributed by atoms with Crippen molar-refractivity contribution in [3.05, 3.63) is 35.4 Å². The minimum Gasteiger partial charge on any atom is -0.454 e. The van der Waals surface area contributed by atoms with Gasteiger partial charge in [0.2, 0.25) is 0 Å². The van der Waals surface area contributed by atoms with Gasteiger partial charge in [0.05, 0.1) is 5.56 Å². The van der Waals surface area contributed by atoms with Gasteiger partial charge in [-0.25, -0.2) is 0 Å². The number of rotatable bonds is 4. The molecule has 106 valence electrons. The van der Waals surface area contributed by atoms with E-state index in [1.54, 1.807) is 0 Å². The lowest BCUT2D eigenvalue weighted by Crippen LogP contribution is -2.30. The fourth-order valence-corrected chi connectivity index (χ4v) is 2.10. The molecule has 0 aliphatic rings. The summed E-state index contributed by atoms with van der Waals surface area (Å²) in [5.74, 6) is -0.441. The van der Waals surface area contributed by atoms with Gasteiger partial charge in [-0.3, -0.25) is 4.79 Å². The molecule has 0 aliphatic heterocycles. The maximum Gasteiger partial charge on any atom is 0.416 e. The van der Waals surface area contributed by atoms with Crippen molar-refractivity contribution >= 4 is 5.97 Å². The molecule has 0 unspecified atom stereocenters. The Bertz CT molecular complexity index is 431. The van der Waals surface area contributed by atoms with Crippen LogP contribution in [0, 0.1) is 0 Å². The first-order valence-electron chi connectivity index (χ1n) is 6.12. The lowest BCUT2D eigenvalue weighted by molar-refractivity contribution is -0.159. The molecular weight excluding hydrogens is 257 g/mol. The minimum atomic E-state index is -4.36. The highest BCUT2D eigenvalue weighted by Gasteiger charge is 2.34. The zero-order valence-electron chi connectivity index (χ0n) is 11.2. The Morgan fingerprint density at radius 1 is 1.05 bits per heavy atom. The topological polar surface area (TPSA) is 26.3 Å². The van der Waals surface area contributed by atoms with Crippen molar-refractivity contribution < 1.29 is 22.7 Å². The molecule has 0 aliphatic carbocycles. The normalized spacial score (nSPS) is 12.3. The van der Waals surface area contributed by atoms with Gasteiger partial charge in [0.25, 0.3) is 0 Å². The third kappa shape index (κ3) is 3.49. The first-order valence-corrected chi connectivity index (χ1v) is 6.12. The highest BCUT2D eigenvalue weighted by Crippen LogP contribution is 2.35. The summed E-state index contributed by atoms with van der Waals surface area (Å²) in [5, 5.41) is 0. The van der Waals surface area contributed by atoms with Gasteiger partial charge in [-0.2, -0.15) is 13.2 Å². The Labute approximate surface area is 110 Å². The Balaban J connectivity index is 3.14. The van der Waals surface area contributed by atoms with Gasteiger partial charge in [-0.05, 0) is 30.5 Å². The monoisotopic (exact) mass is 274 g/mol. The fourth-order valence-electron chi connectivity index (χ4n) is 2.10. The minimum absolute atomic E-state index is 0.441. The Kier molecular flexibility index (Phi) is 4.61. The van der Waals surface area contributed by atoms with Crippen LogP contribution in [-0.2, 0) is 21.3 Å². The van der Waals surface area contributed by atoms with E-state index in [9.17, 15) is 18.0 Å². The quantitative estimate of drug-likeness (QED) is 0.766. The Morgan fingerprint density at radius 2 is 1.47 bits per heavy atom. The number of carbonyl (C=O) groups is 1. The third-order valence-electron chi connectivity index (χ3n) is 3.22. The van der Waals surface area contributed by atoms with Crippen LogP contribution in [0.3, 0.4) is 0 Å². The summed E-state index contributed by atoms with van der Waals surface area (Å²) >= 11 is 0. The molecule has 0 radical (unpaired) electrons. The number of esters is 1. The Morgan fingerprint density at radius 3 is 1.79 bits per heavy atom. The molecule has 1 rings (SSSR count). The van der Waals surface area contributed by atoms with E-state index in [0.29, 0.717) is 18.4 Å². The smallest absolute Gasteiger partial charge is 0.416 e. The molecule has 0 amide bonds. The van der Waals surface area contributed by atoms with E-state index in [1.807, 2.05) is 13.8 Å². The van der Waals surface area contributed by atoms with Crippen LogP contribution in [0.2, 0.25) is 0 Å². The van der Waals surface area contributed by atoms with Crippen molar-refractivity contribution in [3.8, 4) is 0 Å². The molecule has 0 bridgehead atoms. The maximum absolute atomic E-state index is 12.5. The van der Waals surface area contributed by atoms with Crippen molar-refractivity contribution in [2.24, 2.45) is 0 Å². The van der Waals surface area contributed by atoms with Gasteiger partial charge in [-0.1, -0.05) is 26.0 Å². The number of hydrogen-bond donors (Lipinski definition) is 0. The van der Waals surface area contributed by atoms with E-state index in [-0.39, 0.29) is 0 Å². The van der Waals surface area contributed by atoms with Crippen LogP contribution in [0.1, 0.15) is 44.7 Å². The molecule has 19 heavy (non-hydrogen) atoms. The van der Waals surface area contributed by atoms with Crippen molar-refractivity contribution in [3.63, 3.8) is 0 Å². The van der Waals surface area contributed by atoms with E-state index in [4.69, 9.17) is 4.74 Å². The zero-order valence-corrected chi connectivity index (χ0v) is 11.2. The van der Waals surface area contributed by atoms with Crippen molar-refractivity contribution in [2.75, 3.05) is 0 Å². The SMILES string of the molecule is CCC(CC)(OC(C)=O)c1ccc(C(F)(F)F)cc1. The number of halogens is 3. The van der Waals surface area contributed by atoms with E-state index in [2.05, 4.69) is 0 Å². The first-order chi connectivity index (χ1) is 8.75. The second kappa shape index (κ2) is 5.63. The van der Waals surface area contributed by atoms with Crippen molar-refractivity contribution in [1.29, 1.82) is 0 Å². The summed E-state index contributed by atoms with van der Waals surface area (Å²) in [5.41, 5.74) is -0.975. The largest absolute Gasteiger partial charge is 0.454 e. The second-order valence-electron chi connectivity index (χ2n) is 4.37. The van der Waals surface area contributed by atoms with Crippen LogP contribution in [0.25, 0.3) is 0 Å². The van der Waals surface area contributed by atoms with Gasteiger partial charge in [0, 0.05) is 6.92 Å². The number of alkyl halides is 3. The molecule has 0 saturated carbocycles. The Hall–Kier alpha value is -1.52. The molecule has 2 nitrogen and oxygen atoms in total. The molecule has 0 N–H and O–H groups in total. The number of carbonyl (C=O) groups excluding carboxylic acids is 1. The van der Waals surface area contributed by atoms with Crippen LogP contribution in [-0.4, -0.2) is 5.97 Å². The predicted molar refractivity (Wildman–Crippen MR) is 65.5 cm³/mol. The van der Waals surface area contributed by atoms with Crippen LogP contribution in [0.4, 0.5) is 13.2 Å². The van der Waals surface area contributed by atoms with Gasteiger partial charge in [-0.15, -0.1) is 0 Å². The number of hydrogen-bond acceptors (Lipinski definition) is 2. The molecule has 0 saturated heterocycles. The van der Waals surface area contributed by atoms with E-state index in [0.717, 1.165) is 12.1 Å². The van der Waals surface area contributed by atoms with E-state index < -0.39 is 23.3 Å². The summed E-state index contributed by atoms with van der Waals surface area (Å²) < 4.78 is 42.8. The average molecular weight is 274 g/mol. The molecule has 0 atom stereocenters. The maximum atomic E-state index is 12.5. The third-order valence-corrected chi connectivity index (χ3v) is 3.22. The standard InChI is InChI=1S/C14H17F3O2/c1-4-13(5-2,19-10(3)18)11-6-8-12(9-7-11)14(15,16)17/h6-9H,4-5H2,1-3H3. The van der Waals surface area contributed by atoms with Crippen molar-refractivity contribution in [1.82, 2.24) is 0 Å². The van der Waals surface area contributed by atoms with Gasteiger partial charge in [0.15, 0.2) is 0 Å². The molecule has 0 spiro atoms. The number of ether oxygens (including phenoxy) is 1. The molecular formula is C14H17F3O2. The lowest BCUT2D eigenvalue weighted by atomic mass is 9.87. The molecule has 0 fully saturated rings. The highest BCUT2D eigenvalue weighted by molar-refractivity contribution is 5.66. The lowest BCUT2D eigenvalue weighted by Gasteiger charge is -2.31. The van der Waals surface area contributed by atoms with Gasteiger partial charge >= 0.3 is 12.1 Å². The van der Waals surface area contributed by atoms with Crippen LogP contribution in [0.15, 0.2) is 24.3 Å². The average Bonchev–Trinajstić information content (AvgIpc) is 2.35. The van der Waals surface area contributed by atoms with Crippen LogP contribution in [0.5, 0.6) is 0 Å². The molecule has 5 heteroatoms. The summed E-state index contributed by atoms with van der Waals surface area (Å²) in [7, 11) is 0. The van der Waals surface area contributed by atoms with Crippen LogP contribution < -0.4 is 0 Å². The second-order valence-corrected chi connectivity index (χ2v) is 4.37. The van der Waals surface area contributed by atoms with Crippen molar-refractivity contribution in [2.45, 2.75) is 45.4 Å². The van der Waals surface area contributed by atoms with Gasteiger partial charge < -0.3 is 4.74 Å².